The first-order valence-electron chi connectivity index (χ1n) is 11.6. The van der Waals surface area contributed by atoms with Crippen molar-refractivity contribution in [2.24, 2.45) is 0 Å². The molecule has 1 aliphatic rings. The number of sulfonamides is 1. The average Bonchev–Trinajstić information content (AvgIpc) is 3.26. The summed E-state index contributed by atoms with van der Waals surface area (Å²) in [4.78, 5) is 2.82. The van der Waals surface area contributed by atoms with Crippen molar-refractivity contribution in [3.05, 3.63) is 84.4 Å². The zero-order valence-electron chi connectivity index (χ0n) is 19.1. The molecule has 1 fully saturated rings. The molecule has 0 saturated carbocycles. The Hall–Kier alpha value is -2.67. The maximum absolute atomic E-state index is 12.6. The highest BCUT2D eigenvalue weighted by atomic mass is 32.2. The van der Waals surface area contributed by atoms with Crippen molar-refractivity contribution in [3.63, 3.8) is 0 Å². The van der Waals surface area contributed by atoms with Crippen molar-refractivity contribution in [3.8, 4) is 16.9 Å². The summed E-state index contributed by atoms with van der Waals surface area (Å²) in [6.07, 6.45) is 3.67. The van der Waals surface area contributed by atoms with Gasteiger partial charge in [0.2, 0.25) is 10.0 Å². The lowest BCUT2D eigenvalue weighted by molar-refractivity contribution is 0.272. The molecule has 5 nitrogen and oxygen atoms in total. The lowest BCUT2D eigenvalue weighted by atomic mass is 10.0. The van der Waals surface area contributed by atoms with Gasteiger partial charge in [-0.25, -0.2) is 13.1 Å². The minimum Gasteiger partial charge on any atom is -0.492 e. The van der Waals surface area contributed by atoms with Crippen LogP contribution in [0.2, 0.25) is 0 Å². The van der Waals surface area contributed by atoms with E-state index in [4.69, 9.17) is 4.74 Å². The first kappa shape index (κ1) is 23.5. The number of likely N-dealkylation sites (tertiary alicyclic amines) is 1. The Kier molecular flexibility index (Phi) is 7.81. The van der Waals surface area contributed by atoms with E-state index in [9.17, 15) is 8.42 Å². The summed E-state index contributed by atoms with van der Waals surface area (Å²) in [5.41, 5.74) is 3.42. The van der Waals surface area contributed by atoms with Crippen molar-refractivity contribution in [1.82, 2.24) is 9.62 Å². The van der Waals surface area contributed by atoms with Crippen LogP contribution in [0.15, 0.2) is 83.8 Å². The van der Waals surface area contributed by atoms with Gasteiger partial charge >= 0.3 is 0 Å². The van der Waals surface area contributed by atoms with Crippen LogP contribution in [-0.2, 0) is 16.4 Å². The largest absolute Gasteiger partial charge is 0.492 e. The van der Waals surface area contributed by atoms with Gasteiger partial charge in [-0.3, -0.25) is 0 Å². The van der Waals surface area contributed by atoms with Crippen LogP contribution in [-0.4, -0.2) is 45.6 Å². The van der Waals surface area contributed by atoms with Gasteiger partial charge in [-0.05, 0) is 73.7 Å². The molecule has 3 aromatic rings. The summed E-state index contributed by atoms with van der Waals surface area (Å²) in [5.74, 6) is 0.720. The van der Waals surface area contributed by atoms with Crippen LogP contribution in [0.4, 0.5) is 0 Å². The number of rotatable bonds is 10. The molecular weight excluding hydrogens is 432 g/mol. The first-order chi connectivity index (χ1) is 16.0. The van der Waals surface area contributed by atoms with Gasteiger partial charge < -0.3 is 9.64 Å². The molecule has 0 radical (unpaired) electrons. The van der Waals surface area contributed by atoms with Crippen LogP contribution in [0.5, 0.6) is 5.75 Å². The minimum absolute atomic E-state index is 0.205. The molecule has 1 heterocycles. The standard InChI is InChI=1S/C27H32N2O3S/c1-22-6-5-19-29(22)20-17-23-9-11-24(12-10-23)25-13-15-27(16-14-25)33(30,31)28-18-21-32-26-7-3-2-4-8-26/h2-4,7-16,22,28H,5-6,17-21H2,1H3/t22-/m1/s1. The molecule has 0 aromatic heterocycles. The maximum atomic E-state index is 12.6. The van der Waals surface area contributed by atoms with E-state index < -0.39 is 10.0 Å². The highest BCUT2D eigenvalue weighted by Crippen LogP contribution is 2.23. The molecule has 0 bridgehead atoms. The van der Waals surface area contributed by atoms with Gasteiger partial charge in [0.1, 0.15) is 12.4 Å². The molecule has 0 unspecified atom stereocenters. The van der Waals surface area contributed by atoms with Gasteiger partial charge in [0.25, 0.3) is 0 Å². The summed E-state index contributed by atoms with van der Waals surface area (Å²) < 4.78 is 33.3. The number of para-hydroxylation sites is 1. The van der Waals surface area contributed by atoms with E-state index in [1.807, 2.05) is 42.5 Å². The Morgan fingerprint density at radius 2 is 1.61 bits per heavy atom. The quantitative estimate of drug-likeness (QED) is 0.441. The van der Waals surface area contributed by atoms with Crippen molar-refractivity contribution in [2.45, 2.75) is 37.1 Å². The number of nitrogens with zero attached hydrogens (tertiary/aromatic N) is 1. The molecular formula is C27H32N2O3S. The summed E-state index contributed by atoms with van der Waals surface area (Å²) >= 11 is 0. The topological polar surface area (TPSA) is 58.6 Å². The number of benzene rings is 3. The second-order valence-corrected chi connectivity index (χ2v) is 10.3. The Bertz CT molecular complexity index is 1110. The van der Waals surface area contributed by atoms with E-state index in [-0.39, 0.29) is 18.0 Å². The fraction of sp³-hybridized carbons (Fsp3) is 0.333. The van der Waals surface area contributed by atoms with E-state index >= 15 is 0 Å². The summed E-state index contributed by atoms with van der Waals surface area (Å²) in [6.45, 7) is 5.11. The normalized spacial score (nSPS) is 16.7. The number of nitrogens with one attached hydrogen (secondary N) is 1. The van der Waals surface area contributed by atoms with E-state index in [0.29, 0.717) is 6.04 Å². The van der Waals surface area contributed by atoms with E-state index in [2.05, 4.69) is 40.8 Å². The molecule has 6 heteroatoms. The van der Waals surface area contributed by atoms with Crippen molar-refractivity contribution >= 4 is 10.0 Å². The van der Waals surface area contributed by atoms with Gasteiger partial charge in [-0.2, -0.15) is 0 Å². The maximum Gasteiger partial charge on any atom is 0.240 e. The van der Waals surface area contributed by atoms with Crippen molar-refractivity contribution in [1.29, 1.82) is 0 Å². The molecule has 0 spiro atoms. The average molecular weight is 465 g/mol. The smallest absolute Gasteiger partial charge is 0.240 e. The van der Waals surface area contributed by atoms with Gasteiger partial charge in [-0.1, -0.05) is 54.6 Å². The monoisotopic (exact) mass is 464 g/mol. The third kappa shape index (κ3) is 6.44. The fourth-order valence-corrected chi connectivity index (χ4v) is 5.25. The molecule has 1 atom stereocenters. The highest BCUT2D eigenvalue weighted by Gasteiger charge is 2.19. The van der Waals surface area contributed by atoms with Crippen LogP contribution in [0, 0.1) is 0 Å². The molecule has 4 rings (SSSR count). The minimum atomic E-state index is -3.58. The molecule has 174 valence electrons. The number of hydrogen-bond donors (Lipinski definition) is 1. The van der Waals surface area contributed by atoms with Crippen LogP contribution in [0.3, 0.4) is 0 Å². The Morgan fingerprint density at radius 1 is 0.939 bits per heavy atom. The molecule has 1 aliphatic heterocycles. The second-order valence-electron chi connectivity index (χ2n) is 8.56. The zero-order chi connectivity index (χ0) is 23.1. The Morgan fingerprint density at radius 3 is 2.24 bits per heavy atom. The number of ether oxygens (including phenoxy) is 1. The molecule has 1 saturated heterocycles. The van der Waals surface area contributed by atoms with Crippen molar-refractivity contribution < 1.29 is 13.2 Å². The lowest BCUT2D eigenvalue weighted by Crippen LogP contribution is -2.28. The summed E-state index contributed by atoms with van der Waals surface area (Å²) in [6, 6.07) is 25.6. The Labute approximate surface area is 197 Å². The van der Waals surface area contributed by atoms with Crippen LogP contribution < -0.4 is 9.46 Å². The zero-order valence-corrected chi connectivity index (χ0v) is 19.9. The first-order valence-corrected chi connectivity index (χ1v) is 13.1. The van der Waals surface area contributed by atoms with Gasteiger partial charge in [-0.15, -0.1) is 0 Å². The molecule has 1 N–H and O–H groups in total. The highest BCUT2D eigenvalue weighted by molar-refractivity contribution is 7.89. The molecule has 3 aromatic carbocycles. The van der Waals surface area contributed by atoms with E-state index in [1.165, 1.54) is 24.9 Å². The van der Waals surface area contributed by atoms with E-state index in [1.54, 1.807) is 12.1 Å². The van der Waals surface area contributed by atoms with Crippen LogP contribution in [0.1, 0.15) is 25.3 Å². The third-order valence-electron chi connectivity index (χ3n) is 6.24. The number of hydrogen-bond acceptors (Lipinski definition) is 4. The predicted octanol–water partition coefficient (Wildman–Crippen LogP) is 4.74. The molecule has 0 aliphatic carbocycles. The van der Waals surface area contributed by atoms with Crippen LogP contribution in [0.25, 0.3) is 11.1 Å². The molecule has 0 amide bonds. The van der Waals surface area contributed by atoms with Gasteiger partial charge in [0.15, 0.2) is 0 Å². The summed E-state index contributed by atoms with van der Waals surface area (Å²) in [5, 5.41) is 0. The Balaban J connectivity index is 1.29. The lowest BCUT2D eigenvalue weighted by Gasteiger charge is -2.20. The van der Waals surface area contributed by atoms with Crippen molar-refractivity contribution in [2.75, 3.05) is 26.2 Å². The van der Waals surface area contributed by atoms with E-state index in [0.717, 1.165) is 29.8 Å². The molecule has 33 heavy (non-hydrogen) atoms. The van der Waals surface area contributed by atoms with Crippen LogP contribution >= 0.6 is 0 Å². The predicted molar refractivity (Wildman–Crippen MR) is 133 cm³/mol. The van der Waals surface area contributed by atoms with Gasteiger partial charge in [0.05, 0.1) is 4.90 Å². The third-order valence-corrected chi connectivity index (χ3v) is 7.71. The fourth-order valence-electron chi connectivity index (χ4n) is 4.23. The summed E-state index contributed by atoms with van der Waals surface area (Å²) in [7, 11) is -3.58. The SMILES string of the molecule is C[C@@H]1CCCN1CCc1ccc(-c2ccc(S(=O)(=O)NCCOc3ccccc3)cc2)cc1. The van der Waals surface area contributed by atoms with Gasteiger partial charge in [0, 0.05) is 19.1 Å². The second kappa shape index (κ2) is 11.0.